The standard InChI is InChI=1S/C17H17ClN2O/c1-17(2)8-9-19-16-13(15(17)21)6-7-14(20-16)11-4-3-5-12(18)10-11/h3-7,10H,8-9H2,1-2H3,(H,19,20). The van der Waals surface area contributed by atoms with E-state index in [0.29, 0.717) is 16.4 Å². The Morgan fingerprint density at radius 1 is 1.24 bits per heavy atom. The summed E-state index contributed by atoms with van der Waals surface area (Å²) in [6.45, 7) is 4.71. The van der Waals surface area contributed by atoms with Gasteiger partial charge in [0.05, 0.1) is 11.3 Å². The first-order valence-electron chi connectivity index (χ1n) is 7.03. The first-order valence-corrected chi connectivity index (χ1v) is 7.41. The van der Waals surface area contributed by atoms with Crippen LogP contribution < -0.4 is 5.32 Å². The number of fused-ring (bicyclic) bond motifs is 1. The molecular weight excluding hydrogens is 284 g/mol. The van der Waals surface area contributed by atoms with E-state index in [9.17, 15) is 4.79 Å². The molecule has 1 aromatic carbocycles. The molecule has 0 unspecified atom stereocenters. The molecule has 0 amide bonds. The highest BCUT2D eigenvalue weighted by atomic mass is 35.5. The van der Waals surface area contributed by atoms with Crippen LogP contribution in [0.4, 0.5) is 5.82 Å². The van der Waals surface area contributed by atoms with Crippen molar-refractivity contribution in [2.24, 2.45) is 5.41 Å². The molecule has 0 aliphatic carbocycles. The fourth-order valence-corrected chi connectivity index (χ4v) is 2.75. The monoisotopic (exact) mass is 300 g/mol. The summed E-state index contributed by atoms with van der Waals surface area (Å²) in [5.74, 6) is 0.815. The van der Waals surface area contributed by atoms with E-state index in [-0.39, 0.29) is 11.2 Å². The number of rotatable bonds is 1. The molecule has 1 aliphatic rings. The Labute approximate surface area is 129 Å². The molecule has 2 aromatic rings. The number of anilines is 1. The summed E-state index contributed by atoms with van der Waals surface area (Å²) >= 11 is 6.03. The van der Waals surface area contributed by atoms with Crippen LogP contribution in [-0.4, -0.2) is 17.3 Å². The zero-order valence-corrected chi connectivity index (χ0v) is 12.9. The molecule has 3 rings (SSSR count). The summed E-state index contributed by atoms with van der Waals surface area (Å²) in [6.07, 6.45) is 0.800. The number of halogens is 1. The van der Waals surface area contributed by atoms with Crippen LogP contribution in [-0.2, 0) is 0 Å². The predicted molar refractivity (Wildman–Crippen MR) is 85.9 cm³/mol. The van der Waals surface area contributed by atoms with Crippen molar-refractivity contribution in [2.75, 3.05) is 11.9 Å². The van der Waals surface area contributed by atoms with Crippen LogP contribution in [0.25, 0.3) is 11.3 Å². The fraction of sp³-hybridized carbons (Fsp3) is 0.294. The maximum atomic E-state index is 12.6. The molecule has 0 saturated heterocycles. The quantitative estimate of drug-likeness (QED) is 0.847. The van der Waals surface area contributed by atoms with Crippen LogP contribution in [0, 0.1) is 5.41 Å². The van der Waals surface area contributed by atoms with E-state index in [0.717, 1.165) is 24.2 Å². The highest BCUT2D eigenvalue weighted by molar-refractivity contribution is 6.30. The Morgan fingerprint density at radius 3 is 2.81 bits per heavy atom. The van der Waals surface area contributed by atoms with Gasteiger partial charge in [-0.05, 0) is 30.7 Å². The molecule has 21 heavy (non-hydrogen) atoms. The van der Waals surface area contributed by atoms with Crippen molar-refractivity contribution in [1.29, 1.82) is 0 Å². The average molecular weight is 301 g/mol. The Hall–Kier alpha value is -1.87. The fourth-order valence-electron chi connectivity index (χ4n) is 2.56. The first kappa shape index (κ1) is 14.1. The van der Waals surface area contributed by atoms with Gasteiger partial charge in [0.15, 0.2) is 5.78 Å². The number of hydrogen-bond donors (Lipinski definition) is 1. The van der Waals surface area contributed by atoms with E-state index in [1.807, 2.05) is 50.2 Å². The van der Waals surface area contributed by atoms with Crippen LogP contribution in [0.15, 0.2) is 36.4 Å². The Morgan fingerprint density at radius 2 is 2.05 bits per heavy atom. The van der Waals surface area contributed by atoms with Crippen molar-refractivity contribution in [2.45, 2.75) is 20.3 Å². The SMILES string of the molecule is CC1(C)CCNc2nc(-c3cccc(Cl)c3)ccc2C1=O. The number of benzene rings is 1. The third-order valence-corrected chi connectivity index (χ3v) is 4.15. The molecule has 0 radical (unpaired) electrons. The van der Waals surface area contributed by atoms with Gasteiger partial charge in [0, 0.05) is 22.5 Å². The Kier molecular flexibility index (Phi) is 3.46. The van der Waals surface area contributed by atoms with Crippen LogP contribution in [0.2, 0.25) is 5.02 Å². The third kappa shape index (κ3) is 2.66. The number of carbonyl (C=O) groups is 1. The van der Waals surface area contributed by atoms with Crippen molar-refractivity contribution < 1.29 is 4.79 Å². The number of nitrogens with zero attached hydrogens (tertiary/aromatic N) is 1. The molecule has 108 valence electrons. The summed E-state index contributed by atoms with van der Waals surface area (Å²) in [7, 11) is 0. The van der Waals surface area contributed by atoms with Gasteiger partial charge in [0.1, 0.15) is 5.82 Å². The van der Waals surface area contributed by atoms with E-state index in [2.05, 4.69) is 10.3 Å². The molecule has 2 heterocycles. The second-order valence-corrected chi connectivity index (χ2v) is 6.43. The van der Waals surface area contributed by atoms with Crippen molar-refractivity contribution in [3.8, 4) is 11.3 Å². The maximum absolute atomic E-state index is 12.6. The number of ketones is 1. The zero-order valence-electron chi connectivity index (χ0n) is 12.1. The summed E-state index contributed by atoms with van der Waals surface area (Å²) in [6, 6.07) is 11.3. The minimum Gasteiger partial charge on any atom is -0.369 e. The lowest BCUT2D eigenvalue weighted by Gasteiger charge is -2.19. The smallest absolute Gasteiger partial charge is 0.172 e. The number of carbonyl (C=O) groups excluding carboxylic acids is 1. The van der Waals surface area contributed by atoms with Crippen LogP contribution in [0.5, 0.6) is 0 Å². The van der Waals surface area contributed by atoms with Gasteiger partial charge in [0.25, 0.3) is 0 Å². The van der Waals surface area contributed by atoms with Crippen molar-refractivity contribution in [1.82, 2.24) is 4.98 Å². The van der Waals surface area contributed by atoms with Gasteiger partial charge in [-0.2, -0.15) is 0 Å². The summed E-state index contributed by atoms with van der Waals surface area (Å²) in [4.78, 5) is 17.2. The largest absolute Gasteiger partial charge is 0.369 e. The van der Waals surface area contributed by atoms with Crippen molar-refractivity contribution in [3.05, 3.63) is 47.0 Å². The lowest BCUT2D eigenvalue weighted by molar-refractivity contribution is 0.0835. The molecule has 3 nitrogen and oxygen atoms in total. The first-order chi connectivity index (χ1) is 9.97. The molecule has 0 saturated carbocycles. The van der Waals surface area contributed by atoms with Crippen LogP contribution in [0.3, 0.4) is 0 Å². The van der Waals surface area contributed by atoms with Crippen molar-refractivity contribution >= 4 is 23.2 Å². The van der Waals surface area contributed by atoms with Gasteiger partial charge in [-0.3, -0.25) is 4.79 Å². The summed E-state index contributed by atoms with van der Waals surface area (Å²) in [5, 5.41) is 3.95. The van der Waals surface area contributed by atoms with Gasteiger partial charge in [-0.15, -0.1) is 0 Å². The lowest BCUT2D eigenvalue weighted by atomic mass is 9.82. The molecular formula is C17H17ClN2O. The van der Waals surface area contributed by atoms with Gasteiger partial charge in [-0.25, -0.2) is 4.98 Å². The van der Waals surface area contributed by atoms with Crippen LogP contribution >= 0.6 is 11.6 Å². The van der Waals surface area contributed by atoms with E-state index >= 15 is 0 Å². The Balaban J connectivity index is 2.06. The number of Topliss-reactive ketones (excluding diaryl/α,β-unsaturated/α-hetero) is 1. The summed E-state index contributed by atoms with van der Waals surface area (Å²) in [5.41, 5.74) is 2.08. The molecule has 0 bridgehead atoms. The normalized spacial score (nSPS) is 16.8. The van der Waals surface area contributed by atoms with E-state index < -0.39 is 0 Å². The Bertz CT molecular complexity index is 710. The van der Waals surface area contributed by atoms with E-state index in [1.54, 1.807) is 0 Å². The highest BCUT2D eigenvalue weighted by Gasteiger charge is 2.32. The molecule has 4 heteroatoms. The van der Waals surface area contributed by atoms with Crippen molar-refractivity contribution in [3.63, 3.8) is 0 Å². The molecule has 0 fully saturated rings. The van der Waals surface area contributed by atoms with Crippen LogP contribution in [0.1, 0.15) is 30.6 Å². The maximum Gasteiger partial charge on any atom is 0.172 e. The summed E-state index contributed by atoms with van der Waals surface area (Å²) < 4.78 is 0. The molecule has 0 spiro atoms. The molecule has 1 aliphatic heterocycles. The number of hydrogen-bond acceptors (Lipinski definition) is 3. The molecule has 1 N–H and O–H groups in total. The van der Waals surface area contributed by atoms with Gasteiger partial charge in [-0.1, -0.05) is 37.6 Å². The van der Waals surface area contributed by atoms with Gasteiger partial charge in [0.2, 0.25) is 0 Å². The van der Waals surface area contributed by atoms with Gasteiger partial charge < -0.3 is 5.32 Å². The second kappa shape index (κ2) is 5.15. The number of pyridine rings is 1. The zero-order chi connectivity index (χ0) is 15.0. The highest BCUT2D eigenvalue weighted by Crippen LogP contribution is 2.33. The topological polar surface area (TPSA) is 42.0 Å². The lowest BCUT2D eigenvalue weighted by Crippen LogP contribution is -2.24. The second-order valence-electron chi connectivity index (χ2n) is 5.99. The molecule has 1 aromatic heterocycles. The predicted octanol–water partition coefficient (Wildman–Crippen LogP) is 4.43. The van der Waals surface area contributed by atoms with E-state index in [4.69, 9.17) is 11.6 Å². The molecule has 0 atom stereocenters. The number of aromatic nitrogens is 1. The minimum atomic E-state index is -0.350. The average Bonchev–Trinajstić information content (AvgIpc) is 2.56. The number of nitrogens with one attached hydrogen (secondary N) is 1. The minimum absolute atomic E-state index is 0.146. The van der Waals surface area contributed by atoms with Gasteiger partial charge >= 0.3 is 0 Å². The van der Waals surface area contributed by atoms with E-state index in [1.165, 1.54) is 0 Å². The third-order valence-electron chi connectivity index (χ3n) is 3.92.